The average Bonchev–Trinajstić information content (AvgIpc) is 3.72. The Morgan fingerprint density at radius 3 is 2.49 bits per heavy atom. The number of aromatic nitrogens is 2. The van der Waals surface area contributed by atoms with Crippen LogP contribution in [0.25, 0.3) is 16.8 Å². The summed E-state index contributed by atoms with van der Waals surface area (Å²) in [6.45, 7) is 7.90. The van der Waals surface area contributed by atoms with Crippen molar-refractivity contribution in [3.8, 4) is 22.6 Å². The number of amides is 1. The molecule has 7 heteroatoms. The standard InChI is InChI=1S/C38H41N3O4/c1-4-44-38(43)33-23-39-41(25(33)3)31-9-5-8-30(22-31)32-10-6-7-27-13-16-35(36(27)32)45-34-15-14-29(21-24(34)2)26-17-19-40(20-18-26)37(42)28-11-12-28/h5-10,14-15,21-23,26,28,35H,4,11-13,16-20H2,1-3H3. The van der Waals surface area contributed by atoms with E-state index in [1.54, 1.807) is 17.8 Å². The zero-order valence-corrected chi connectivity index (χ0v) is 26.4. The van der Waals surface area contributed by atoms with Crippen LogP contribution in [0.5, 0.6) is 5.75 Å². The molecule has 232 valence electrons. The molecule has 0 spiro atoms. The van der Waals surface area contributed by atoms with Gasteiger partial charge in [0.1, 0.15) is 17.4 Å². The van der Waals surface area contributed by atoms with E-state index in [2.05, 4.69) is 65.5 Å². The molecule has 2 heterocycles. The minimum Gasteiger partial charge on any atom is -0.485 e. The minimum absolute atomic E-state index is 0.0389. The fourth-order valence-electron chi connectivity index (χ4n) is 7.13. The second-order valence-electron chi connectivity index (χ2n) is 12.7. The Morgan fingerprint density at radius 1 is 0.933 bits per heavy atom. The van der Waals surface area contributed by atoms with Crippen LogP contribution < -0.4 is 4.74 Å². The van der Waals surface area contributed by atoms with Gasteiger partial charge in [0.15, 0.2) is 0 Å². The van der Waals surface area contributed by atoms with E-state index in [1.165, 1.54) is 16.7 Å². The number of hydrogen-bond acceptors (Lipinski definition) is 5. The molecule has 1 aliphatic heterocycles. The molecule has 4 aromatic rings. The van der Waals surface area contributed by atoms with E-state index in [1.807, 2.05) is 19.1 Å². The number of esters is 1. The molecule has 1 saturated heterocycles. The first-order valence-electron chi connectivity index (χ1n) is 16.4. The number of hydrogen-bond donors (Lipinski definition) is 0. The lowest BCUT2D eigenvalue weighted by Gasteiger charge is -2.32. The number of benzene rings is 3. The zero-order valence-electron chi connectivity index (χ0n) is 26.4. The first-order chi connectivity index (χ1) is 21.9. The molecule has 1 amide bonds. The number of likely N-dealkylation sites (tertiary alicyclic amines) is 1. The van der Waals surface area contributed by atoms with Crippen molar-refractivity contribution in [1.82, 2.24) is 14.7 Å². The van der Waals surface area contributed by atoms with Gasteiger partial charge in [-0.15, -0.1) is 0 Å². The van der Waals surface area contributed by atoms with Crippen LogP contribution in [0.3, 0.4) is 0 Å². The number of carbonyl (C=O) groups is 2. The Kier molecular flexibility index (Phi) is 7.94. The van der Waals surface area contributed by atoms with Crippen LogP contribution in [0.4, 0.5) is 0 Å². The summed E-state index contributed by atoms with van der Waals surface area (Å²) in [6, 6.07) is 21.5. The van der Waals surface area contributed by atoms with Gasteiger partial charge >= 0.3 is 5.97 Å². The molecule has 1 unspecified atom stereocenters. The van der Waals surface area contributed by atoms with Gasteiger partial charge in [0.25, 0.3) is 0 Å². The van der Waals surface area contributed by atoms with Crippen molar-refractivity contribution >= 4 is 11.9 Å². The highest BCUT2D eigenvalue weighted by Crippen LogP contribution is 2.43. The van der Waals surface area contributed by atoms with E-state index in [0.29, 0.717) is 29.9 Å². The number of carbonyl (C=O) groups excluding carboxylic acids is 2. The van der Waals surface area contributed by atoms with Crippen LogP contribution in [-0.4, -0.2) is 46.3 Å². The molecule has 1 atom stereocenters. The predicted molar refractivity (Wildman–Crippen MR) is 174 cm³/mol. The molecule has 0 N–H and O–H groups in total. The van der Waals surface area contributed by atoms with Crippen molar-refractivity contribution in [1.29, 1.82) is 0 Å². The van der Waals surface area contributed by atoms with Crippen molar-refractivity contribution in [3.05, 3.63) is 100 Å². The van der Waals surface area contributed by atoms with E-state index in [-0.39, 0.29) is 12.1 Å². The minimum atomic E-state index is -0.354. The second-order valence-corrected chi connectivity index (χ2v) is 12.7. The van der Waals surface area contributed by atoms with Crippen molar-refractivity contribution in [2.45, 2.75) is 71.3 Å². The molecule has 45 heavy (non-hydrogen) atoms. The number of piperidine rings is 1. The average molecular weight is 604 g/mol. The van der Waals surface area contributed by atoms with Gasteiger partial charge in [-0.1, -0.05) is 42.5 Å². The highest BCUT2D eigenvalue weighted by atomic mass is 16.5. The Bertz CT molecular complexity index is 1750. The molecule has 7 rings (SSSR count). The third-order valence-corrected chi connectivity index (χ3v) is 9.77. The number of aryl methyl sites for hydroxylation is 2. The molecular formula is C38H41N3O4. The summed E-state index contributed by atoms with van der Waals surface area (Å²) in [7, 11) is 0. The summed E-state index contributed by atoms with van der Waals surface area (Å²) in [6.07, 6.45) is 7.65. The van der Waals surface area contributed by atoms with Gasteiger partial charge in [0.05, 0.1) is 24.2 Å². The van der Waals surface area contributed by atoms with Crippen molar-refractivity contribution in [2.75, 3.05) is 19.7 Å². The van der Waals surface area contributed by atoms with Crippen LogP contribution >= 0.6 is 0 Å². The summed E-state index contributed by atoms with van der Waals surface area (Å²) in [5.41, 5.74) is 9.45. The SMILES string of the molecule is CCOC(=O)c1cnn(-c2cccc(-c3cccc4c3C(Oc3ccc(C5CCN(C(=O)C6CC6)CC5)cc3C)CC4)c2)c1C. The first kappa shape index (κ1) is 29.3. The van der Waals surface area contributed by atoms with Gasteiger partial charge in [-0.3, -0.25) is 4.79 Å². The maximum absolute atomic E-state index is 12.5. The summed E-state index contributed by atoms with van der Waals surface area (Å²) in [5.74, 6) is 1.74. The topological polar surface area (TPSA) is 73.7 Å². The fourth-order valence-corrected chi connectivity index (χ4v) is 7.13. The maximum Gasteiger partial charge on any atom is 0.341 e. The van der Waals surface area contributed by atoms with Gasteiger partial charge in [-0.25, -0.2) is 9.48 Å². The molecule has 3 aliphatic rings. The third-order valence-electron chi connectivity index (χ3n) is 9.77. The zero-order chi connectivity index (χ0) is 31.1. The van der Waals surface area contributed by atoms with Crippen LogP contribution in [0.1, 0.15) is 89.4 Å². The van der Waals surface area contributed by atoms with E-state index < -0.39 is 0 Å². The summed E-state index contributed by atoms with van der Waals surface area (Å²) < 4.78 is 13.8. The quantitative estimate of drug-likeness (QED) is 0.195. The first-order valence-corrected chi connectivity index (χ1v) is 16.4. The summed E-state index contributed by atoms with van der Waals surface area (Å²) in [5, 5.41) is 4.51. The highest BCUT2D eigenvalue weighted by molar-refractivity contribution is 5.90. The van der Waals surface area contributed by atoms with Crippen LogP contribution in [0.2, 0.25) is 0 Å². The molecule has 2 fully saturated rings. The number of ether oxygens (including phenoxy) is 2. The van der Waals surface area contributed by atoms with Gasteiger partial charge in [0.2, 0.25) is 5.91 Å². The number of fused-ring (bicyclic) bond motifs is 1. The summed E-state index contributed by atoms with van der Waals surface area (Å²) >= 11 is 0. The maximum atomic E-state index is 12.5. The Morgan fingerprint density at radius 2 is 1.73 bits per heavy atom. The smallest absolute Gasteiger partial charge is 0.341 e. The van der Waals surface area contributed by atoms with E-state index >= 15 is 0 Å². The number of rotatable bonds is 8. The largest absolute Gasteiger partial charge is 0.485 e. The van der Waals surface area contributed by atoms with Gasteiger partial charge in [-0.2, -0.15) is 5.10 Å². The Labute approximate surface area is 265 Å². The lowest BCUT2D eigenvalue weighted by Crippen LogP contribution is -2.38. The lowest BCUT2D eigenvalue weighted by atomic mass is 9.88. The van der Waals surface area contributed by atoms with Crippen LogP contribution in [-0.2, 0) is 16.0 Å². The third kappa shape index (κ3) is 5.76. The van der Waals surface area contributed by atoms with Crippen molar-refractivity contribution in [2.24, 2.45) is 5.92 Å². The molecule has 1 saturated carbocycles. The van der Waals surface area contributed by atoms with E-state index in [0.717, 1.165) is 85.4 Å². The molecule has 3 aromatic carbocycles. The molecule has 0 bridgehead atoms. The molecule has 2 aliphatic carbocycles. The Balaban J connectivity index is 1.10. The summed E-state index contributed by atoms with van der Waals surface area (Å²) in [4.78, 5) is 27.0. The highest BCUT2D eigenvalue weighted by Gasteiger charge is 2.35. The van der Waals surface area contributed by atoms with Gasteiger partial charge in [-0.05, 0) is 111 Å². The predicted octanol–water partition coefficient (Wildman–Crippen LogP) is 7.52. The molecule has 1 aromatic heterocycles. The lowest BCUT2D eigenvalue weighted by molar-refractivity contribution is -0.133. The molecular weight excluding hydrogens is 562 g/mol. The van der Waals surface area contributed by atoms with E-state index in [9.17, 15) is 9.59 Å². The second kappa shape index (κ2) is 12.2. The van der Waals surface area contributed by atoms with Crippen LogP contribution in [0, 0.1) is 19.8 Å². The van der Waals surface area contributed by atoms with Crippen molar-refractivity contribution < 1.29 is 19.1 Å². The normalized spacial score (nSPS) is 18.1. The van der Waals surface area contributed by atoms with Crippen molar-refractivity contribution in [3.63, 3.8) is 0 Å². The monoisotopic (exact) mass is 603 g/mol. The fraction of sp³-hybridized carbons (Fsp3) is 0.395. The van der Waals surface area contributed by atoms with Crippen LogP contribution in [0.15, 0.2) is 66.9 Å². The van der Waals surface area contributed by atoms with Gasteiger partial charge in [0, 0.05) is 24.6 Å². The Hall–Kier alpha value is -4.39. The number of nitrogens with zero attached hydrogens (tertiary/aromatic N) is 3. The molecule has 0 radical (unpaired) electrons. The van der Waals surface area contributed by atoms with E-state index in [4.69, 9.17) is 9.47 Å². The molecule has 7 nitrogen and oxygen atoms in total. The van der Waals surface area contributed by atoms with Gasteiger partial charge < -0.3 is 14.4 Å².